The van der Waals surface area contributed by atoms with Crippen LogP contribution in [-0.2, 0) is 25.4 Å². The molecule has 1 aliphatic heterocycles. The van der Waals surface area contributed by atoms with Crippen molar-refractivity contribution in [3.63, 3.8) is 0 Å². The van der Waals surface area contributed by atoms with Crippen LogP contribution in [0.4, 0.5) is 0 Å². The molecule has 0 amide bonds. The fraction of sp³-hybridized carbons (Fsp3) is 0.280. The lowest BCUT2D eigenvalue weighted by Crippen LogP contribution is -2.37. The van der Waals surface area contributed by atoms with Gasteiger partial charge >= 0.3 is 5.69 Å². The molecule has 0 unspecified atom stereocenters. The third-order valence-corrected chi connectivity index (χ3v) is 6.38. The first kappa shape index (κ1) is 21.1. The zero-order valence-corrected chi connectivity index (χ0v) is 19.0. The summed E-state index contributed by atoms with van der Waals surface area (Å²) in [6, 6.07) is 13.1. The Morgan fingerprint density at radius 2 is 1.79 bits per heavy atom. The molecule has 0 aliphatic carbocycles. The third-order valence-electron chi connectivity index (χ3n) is 6.38. The molecule has 5 rings (SSSR count). The highest BCUT2D eigenvalue weighted by Crippen LogP contribution is 2.42. The Balaban J connectivity index is 1.91. The van der Waals surface area contributed by atoms with E-state index in [9.17, 15) is 14.7 Å². The minimum Gasteiger partial charge on any atom is -0.504 e. The zero-order valence-electron chi connectivity index (χ0n) is 19.0. The number of benzene rings is 2. The second-order valence-corrected chi connectivity index (χ2v) is 8.36. The number of methoxy groups -OCH3 is 1. The first-order valence-electron chi connectivity index (χ1n) is 10.7. The molecule has 1 aliphatic rings. The number of hydrogen-bond acceptors (Lipinski definition) is 5. The highest BCUT2D eigenvalue weighted by atomic mass is 16.5. The monoisotopic (exact) mass is 447 g/mol. The van der Waals surface area contributed by atoms with Crippen LogP contribution < -0.4 is 16.0 Å². The second kappa shape index (κ2) is 7.67. The average Bonchev–Trinajstić information content (AvgIpc) is 3.18. The molecule has 2 aromatic carbocycles. The fourth-order valence-corrected chi connectivity index (χ4v) is 4.70. The van der Waals surface area contributed by atoms with Gasteiger partial charge in [0.1, 0.15) is 6.10 Å². The molecule has 0 fully saturated rings. The van der Waals surface area contributed by atoms with Crippen LogP contribution in [0.2, 0.25) is 0 Å². The number of nitrogens with zero attached hydrogens (tertiary/aromatic N) is 3. The molecule has 1 N–H and O–H groups in total. The van der Waals surface area contributed by atoms with Crippen molar-refractivity contribution in [1.29, 1.82) is 0 Å². The van der Waals surface area contributed by atoms with Gasteiger partial charge in [0.05, 0.1) is 36.0 Å². The summed E-state index contributed by atoms with van der Waals surface area (Å²) in [7, 11) is 4.66. The van der Waals surface area contributed by atoms with Crippen LogP contribution in [0.1, 0.15) is 22.9 Å². The van der Waals surface area contributed by atoms with Gasteiger partial charge in [-0.25, -0.2) is 4.79 Å². The Bertz CT molecular complexity index is 1510. The standard InChI is InChI=1S/C25H25N3O5/c1-14-5-7-15(8-6-14)20-19-21(26(2)25(31)27(3)24(19)30)22-23(33-12-11-28(20)22)16-9-10-17(29)18(13-16)32-4/h5-10,13,23,29H,11-12H2,1-4H3/t23-/m0/s1. The van der Waals surface area contributed by atoms with Gasteiger partial charge in [-0.05, 0) is 30.2 Å². The predicted octanol–water partition coefficient (Wildman–Crippen LogP) is 2.85. The van der Waals surface area contributed by atoms with Crippen LogP contribution in [0.3, 0.4) is 0 Å². The maximum atomic E-state index is 13.4. The van der Waals surface area contributed by atoms with Gasteiger partial charge in [0.25, 0.3) is 5.56 Å². The van der Waals surface area contributed by atoms with Crippen molar-refractivity contribution < 1.29 is 14.6 Å². The molecule has 0 saturated heterocycles. The van der Waals surface area contributed by atoms with Gasteiger partial charge in [-0.15, -0.1) is 0 Å². The number of hydrogen-bond donors (Lipinski definition) is 1. The Labute approximate surface area is 189 Å². The fourth-order valence-electron chi connectivity index (χ4n) is 4.70. The molecule has 1 atom stereocenters. The highest BCUT2D eigenvalue weighted by molar-refractivity contribution is 5.96. The van der Waals surface area contributed by atoms with E-state index in [0.29, 0.717) is 29.8 Å². The normalized spacial score (nSPS) is 15.6. The molecule has 4 aromatic rings. The van der Waals surface area contributed by atoms with Crippen LogP contribution in [0, 0.1) is 6.92 Å². The molecule has 0 radical (unpaired) electrons. The molecular formula is C25H25N3O5. The Morgan fingerprint density at radius 1 is 1.06 bits per heavy atom. The smallest absolute Gasteiger partial charge is 0.331 e. The van der Waals surface area contributed by atoms with Crippen LogP contribution >= 0.6 is 0 Å². The number of ether oxygens (including phenoxy) is 2. The molecule has 0 spiro atoms. The number of aromatic hydroxyl groups is 1. The zero-order chi connectivity index (χ0) is 23.4. The summed E-state index contributed by atoms with van der Waals surface area (Å²) in [6.07, 6.45) is -0.548. The summed E-state index contributed by atoms with van der Waals surface area (Å²) >= 11 is 0. The predicted molar refractivity (Wildman–Crippen MR) is 125 cm³/mol. The van der Waals surface area contributed by atoms with Crippen LogP contribution in [0.15, 0.2) is 52.1 Å². The lowest BCUT2D eigenvalue weighted by Gasteiger charge is -2.28. The van der Waals surface area contributed by atoms with Crippen molar-refractivity contribution in [2.24, 2.45) is 14.1 Å². The largest absolute Gasteiger partial charge is 0.504 e. The van der Waals surface area contributed by atoms with E-state index in [1.807, 2.05) is 31.2 Å². The van der Waals surface area contributed by atoms with Crippen molar-refractivity contribution in [2.45, 2.75) is 19.6 Å². The molecule has 8 nitrogen and oxygen atoms in total. The lowest BCUT2D eigenvalue weighted by atomic mass is 10.0. The van der Waals surface area contributed by atoms with E-state index in [4.69, 9.17) is 9.47 Å². The van der Waals surface area contributed by atoms with Crippen molar-refractivity contribution in [3.8, 4) is 22.8 Å². The van der Waals surface area contributed by atoms with Crippen molar-refractivity contribution in [3.05, 3.63) is 80.1 Å². The van der Waals surface area contributed by atoms with Crippen LogP contribution in [0.25, 0.3) is 22.2 Å². The number of rotatable bonds is 3. The number of phenolic OH excluding ortho intramolecular Hbond substituents is 1. The van der Waals surface area contributed by atoms with E-state index in [-0.39, 0.29) is 11.3 Å². The Morgan fingerprint density at radius 3 is 2.48 bits per heavy atom. The molecule has 0 saturated carbocycles. The summed E-state index contributed by atoms with van der Waals surface area (Å²) in [5.74, 6) is 0.353. The SMILES string of the molecule is COc1cc([C@@H]2OCCn3c(-c4ccc(C)cc4)c4c(=O)n(C)c(=O)n(C)c4c32)ccc1O. The number of aromatic nitrogens is 3. The first-order valence-corrected chi connectivity index (χ1v) is 10.7. The Hall–Kier alpha value is -3.78. The molecule has 3 heterocycles. The quantitative estimate of drug-likeness (QED) is 0.522. The van der Waals surface area contributed by atoms with Gasteiger partial charge in [-0.1, -0.05) is 35.9 Å². The number of phenols is 1. The maximum absolute atomic E-state index is 13.4. The summed E-state index contributed by atoms with van der Waals surface area (Å²) in [6.45, 7) is 2.98. The number of fused-ring (bicyclic) bond motifs is 3. The molecule has 0 bridgehead atoms. The van der Waals surface area contributed by atoms with E-state index in [1.54, 1.807) is 25.2 Å². The third kappa shape index (κ3) is 3.09. The molecular weight excluding hydrogens is 422 g/mol. The van der Waals surface area contributed by atoms with Gasteiger partial charge in [0, 0.05) is 20.6 Å². The van der Waals surface area contributed by atoms with E-state index >= 15 is 0 Å². The number of aryl methyl sites for hydroxylation is 2. The van der Waals surface area contributed by atoms with E-state index in [1.165, 1.54) is 18.7 Å². The molecule has 8 heteroatoms. The highest BCUT2D eigenvalue weighted by Gasteiger charge is 2.33. The van der Waals surface area contributed by atoms with Crippen molar-refractivity contribution >= 4 is 10.9 Å². The van der Waals surface area contributed by atoms with E-state index in [2.05, 4.69) is 4.57 Å². The van der Waals surface area contributed by atoms with E-state index in [0.717, 1.165) is 32.6 Å². The molecule has 170 valence electrons. The van der Waals surface area contributed by atoms with E-state index < -0.39 is 11.8 Å². The van der Waals surface area contributed by atoms with Gasteiger partial charge in [-0.2, -0.15) is 0 Å². The topological polar surface area (TPSA) is 87.6 Å². The second-order valence-electron chi connectivity index (χ2n) is 8.36. The molecule has 2 aromatic heterocycles. The van der Waals surface area contributed by atoms with Gasteiger partial charge < -0.3 is 19.1 Å². The van der Waals surface area contributed by atoms with Crippen molar-refractivity contribution in [2.75, 3.05) is 13.7 Å². The van der Waals surface area contributed by atoms with Gasteiger partial charge in [0.15, 0.2) is 11.5 Å². The summed E-state index contributed by atoms with van der Waals surface area (Å²) in [5, 5.41) is 10.5. The summed E-state index contributed by atoms with van der Waals surface area (Å²) in [5.41, 5.74) is 4.09. The van der Waals surface area contributed by atoms with Crippen LogP contribution in [-0.4, -0.2) is 32.5 Å². The van der Waals surface area contributed by atoms with Gasteiger partial charge in [-0.3, -0.25) is 13.9 Å². The van der Waals surface area contributed by atoms with Crippen molar-refractivity contribution in [1.82, 2.24) is 13.7 Å². The first-order chi connectivity index (χ1) is 15.8. The van der Waals surface area contributed by atoms with Gasteiger partial charge in [0.2, 0.25) is 0 Å². The van der Waals surface area contributed by atoms with Crippen LogP contribution in [0.5, 0.6) is 11.5 Å². The summed E-state index contributed by atoms with van der Waals surface area (Å²) in [4.78, 5) is 26.3. The lowest BCUT2D eigenvalue weighted by molar-refractivity contribution is 0.0477. The average molecular weight is 447 g/mol. The Kier molecular flexibility index (Phi) is 4.90. The molecule has 33 heavy (non-hydrogen) atoms. The minimum atomic E-state index is -0.548. The maximum Gasteiger partial charge on any atom is 0.331 e. The summed E-state index contributed by atoms with van der Waals surface area (Å²) < 4.78 is 16.2. The minimum absolute atomic E-state index is 0.0268.